The van der Waals surface area contributed by atoms with Crippen LogP contribution in [0.3, 0.4) is 0 Å². The summed E-state index contributed by atoms with van der Waals surface area (Å²) in [6.07, 6.45) is 2.50. The smallest absolute Gasteiger partial charge is 0.286 e. The molecule has 7 nitrogen and oxygen atoms in total. The number of unbranched alkanes of at least 4 members (excludes halogenated alkanes) is 1. The van der Waals surface area contributed by atoms with Gasteiger partial charge in [-0.15, -0.1) is 0 Å². The average Bonchev–Trinajstić information content (AvgIpc) is 2.67. The predicted molar refractivity (Wildman–Crippen MR) is 113 cm³/mol. The third kappa shape index (κ3) is 6.22. The highest BCUT2D eigenvalue weighted by molar-refractivity contribution is 8.13. The summed E-state index contributed by atoms with van der Waals surface area (Å²) in [6.45, 7) is 2.72. The lowest BCUT2D eigenvalue weighted by Crippen LogP contribution is -2.42. The summed E-state index contributed by atoms with van der Waals surface area (Å²) in [5, 5.41) is 2.80. The summed E-state index contributed by atoms with van der Waals surface area (Å²) in [7, 11) is 0.133. The van der Waals surface area contributed by atoms with E-state index in [0.717, 1.165) is 18.2 Å². The second-order valence-electron chi connectivity index (χ2n) is 7.09. The monoisotopic (exact) mass is 427 g/mol. The van der Waals surface area contributed by atoms with Gasteiger partial charge in [-0.1, -0.05) is 25.5 Å². The maximum absolute atomic E-state index is 12.7. The first-order valence-electron chi connectivity index (χ1n) is 9.51. The summed E-state index contributed by atoms with van der Waals surface area (Å²) in [6, 6.07) is 7.20. The fourth-order valence-electron chi connectivity index (χ4n) is 2.93. The number of benzene rings is 1. The van der Waals surface area contributed by atoms with E-state index in [1.807, 2.05) is 19.1 Å². The molecule has 1 saturated heterocycles. The van der Waals surface area contributed by atoms with Crippen molar-refractivity contribution >= 4 is 38.6 Å². The van der Waals surface area contributed by atoms with Crippen molar-refractivity contribution in [2.24, 2.45) is 5.92 Å². The SMILES string of the molecule is CCCCS(=O)(=O)N1CCC(C(=O)Nc2ccccc2SC(=O)N(C)C)CC1. The summed E-state index contributed by atoms with van der Waals surface area (Å²) < 4.78 is 26.1. The van der Waals surface area contributed by atoms with Gasteiger partial charge in [0.25, 0.3) is 5.24 Å². The Labute approximate surface area is 171 Å². The number of nitrogens with zero attached hydrogens (tertiary/aromatic N) is 2. The number of hydrogen-bond acceptors (Lipinski definition) is 5. The van der Waals surface area contributed by atoms with Crippen molar-refractivity contribution in [3.05, 3.63) is 24.3 Å². The van der Waals surface area contributed by atoms with Gasteiger partial charge in [0.1, 0.15) is 0 Å². The van der Waals surface area contributed by atoms with Gasteiger partial charge in [-0.05, 0) is 43.2 Å². The first kappa shape index (κ1) is 22.7. The third-order valence-corrected chi connectivity index (χ3v) is 7.75. The molecular weight excluding hydrogens is 398 g/mol. The van der Waals surface area contributed by atoms with Crippen LogP contribution < -0.4 is 5.32 Å². The van der Waals surface area contributed by atoms with Crippen molar-refractivity contribution in [1.82, 2.24) is 9.21 Å². The molecule has 1 aromatic rings. The van der Waals surface area contributed by atoms with Gasteiger partial charge in [0.05, 0.1) is 11.4 Å². The van der Waals surface area contributed by atoms with Gasteiger partial charge >= 0.3 is 0 Å². The molecule has 1 N–H and O–H groups in total. The van der Waals surface area contributed by atoms with Crippen LogP contribution in [-0.4, -0.2) is 61.7 Å². The molecule has 1 aromatic carbocycles. The minimum atomic E-state index is -3.23. The summed E-state index contributed by atoms with van der Waals surface area (Å²) >= 11 is 1.06. The molecule has 0 aromatic heterocycles. The van der Waals surface area contributed by atoms with Crippen LogP contribution in [0.2, 0.25) is 0 Å². The van der Waals surface area contributed by atoms with E-state index in [9.17, 15) is 18.0 Å². The first-order valence-corrected chi connectivity index (χ1v) is 11.9. The standard InChI is InChI=1S/C19H29N3O4S2/c1-4-5-14-28(25,26)22-12-10-15(11-13-22)18(23)20-16-8-6-7-9-17(16)27-19(24)21(2)3/h6-9,15H,4-5,10-14H2,1-3H3,(H,20,23). The molecule has 1 heterocycles. The van der Waals surface area contributed by atoms with Crippen LogP contribution in [0, 0.1) is 5.92 Å². The molecule has 0 unspecified atom stereocenters. The van der Waals surface area contributed by atoms with Gasteiger partial charge in [-0.25, -0.2) is 12.7 Å². The zero-order chi connectivity index (χ0) is 20.7. The van der Waals surface area contributed by atoms with Gasteiger partial charge in [0, 0.05) is 38.0 Å². The fraction of sp³-hybridized carbons (Fsp3) is 0.579. The molecular formula is C19H29N3O4S2. The normalized spacial score (nSPS) is 16.0. The fourth-order valence-corrected chi connectivity index (χ4v) is 5.36. The lowest BCUT2D eigenvalue weighted by molar-refractivity contribution is -0.120. The topological polar surface area (TPSA) is 86.8 Å². The number of piperidine rings is 1. The number of nitrogens with one attached hydrogen (secondary N) is 1. The van der Waals surface area contributed by atoms with Gasteiger partial charge < -0.3 is 10.2 Å². The molecule has 0 radical (unpaired) electrons. The Hall–Kier alpha value is -1.58. The van der Waals surface area contributed by atoms with Gasteiger partial charge in [0.15, 0.2) is 0 Å². The number of sulfonamides is 1. The molecule has 1 aliphatic heterocycles. The van der Waals surface area contributed by atoms with E-state index in [1.165, 1.54) is 9.21 Å². The molecule has 1 fully saturated rings. The van der Waals surface area contributed by atoms with Crippen LogP contribution in [0.25, 0.3) is 0 Å². The van der Waals surface area contributed by atoms with Crippen molar-refractivity contribution < 1.29 is 18.0 Å². The van der Waals surface area contributed by atoms with Crippen LogP contribution in [0.4, 0.5) is 10.5 Å². The van der Waals surface area contributed by atoms with E-state index in [4.69, 9.17) is 0 Å². The molecule has 2 amide bonds. The van der Waals surface area contributed by atoms with Crippen LogP contribution in [0.1, 0.15) is 32.6 Å². The van der Waals surface area contributed by atoms with Crippen LogP contribution in [-0.2, 0) is 14.8 Å². The number of carbonyl (C=O) groups excluding carboxylic acids is 2. The Morgan fingerprint density at radius 1 is 1.21 bits per heavy atom. The van der Waals surface area contributed by atoms with E-state index >= 15 is 0 Å². The van der Waals surface area contributed by atoms with Gasteiger partial charge in [-0.3, -0.25) is 9.59 Å². The summed E-state index contributed by atoms with van der Waals surface area (Å²) in [4.78, 5) is 26.8. The Kier molecular flexibility index (Phi) is 8.33. The highest BCUT2D eigenvalue weighted by atomic mass is 32.2. The van der Waals surface area contributed by atoms with Crippen molar-refractivity contribution in [3.8, 4) is 0 Å². The van der Waals surface area contributed by atoms with E-state index in [1.54, 1.807) is 26.2 Å². The Morgan fingerprint density at radius 3 is 2.46 bits per heavy atom. The molecule has 156 valence electrons. The zero-order valence-corrected chi connectivity index (χ0v) is 18.3. The van der Waals surface area contributed by atoms with Crippen LogP contribution in [0.15, 0.2) is 29.2 Å². The molecule has 2 rings (SSSR count). The van der Waals surface area contributed by atoms with E-state index in [0.29, 0.717) is 42.9 Å². The Balaban J connectivity index is 1.96. The number of anilines is 1. The Morgan fingerprint density at radius 2 is 1.86 bits per heavy atom. The minimum absolute atomic E-state index is 0.118. The van der Waals surface area contributed by atoms with Gasteiger partial charge in [0.2, 0.25) is 15.9 Å². The molecule has 1 aliphatic rings. The maximum Gasteiger partial charge on any atom is 0.286 e. The Bertz CT molecular complexity index is 788. The molecule has 0 bridgehead atoms. The summed E-state index contributed by atoms with van der Waals surface area (Å²) in [5.41, 5.74) is 0.602. The van der Waals surface area contributed by atoms with Crippen LogP contribution >= 0.6 is 11.8 Å². The lowest BCUT2D eigenvalue weighted by atomic mass is 9.97. The quantitative estimate of drug-likeness (QED) is 0.675. The van der Waals surface area contributed by atoms with E-state index in [-0.39, 0.29) is 22.8 Å². The van der Waals surface area contributed by atoms with E-state index < -0.39 is 10.0 Å². The number of hydrogen-bond donors (Lipinski definition) is 1. The zero-order valence-electron chi connectivity index (χ0n) is 16.7. The molecule has 0 atom stereocenters. The number of amides is 2. The first-order chi connectivity index (χ1) is 13.2. The minimum Gasteiger partial charge on any atom is -0.339 e. The predicted octanol–water partition coefficient (Wildman–Crippen LogP) is 3.24. The average molecular weight is 428 g/mol. The second-order valence-corrected chi connectivity index (χ2v) is 10.2. The summed E-state index contributed by atoms with van der Waals surface area (Å²) in [5.74, 6) is -0.193. The number of rotatable bonds is 7. The van der Waals surface area contributed by atoms with Crippen molar-refractivity contribution in [1.29, 1.82) is 0 Å². The number of carbonyl (C=O) groups is 2. The van der Waals surface area contributed by atoms with Crippen molar-refractivity contribution in [3.63, 3.8) is 0 Å². The maximum atomic E-state index is 12.7. The number of para-hydroxylation sites is 1. The molecule has 0 spiro atoms. The second kappa shape index (κ2) is 10.3. The number of thioether (sulfide) groups is 1. The van der Waals surface area contributed by atoms with Crippen molar-refractivity contribution in [2.45, 2.75) is 37.5 Å². The molecule has 9 heteroatoms. The lowest BCUT2D eigenvalue weighted by Gasteiger charge is -2.30. The molecule has 0 aliphatic carbocycles. The van der Waals surface area contributed by atoms with Gasteiger partial charge in [-0.2, -0.15) is 0 Å². The molecule has 28 heavy (non-hydrogen) atoms. The highest BCUT2D eigenvalue weighted by Crippen LogP contribution is 2.30. The largest absolute Gasteiger partial charge is 0.339 e. The highest BCUT2D eigenvalue weighted by Gasteiger charge is 2.31. The van der Waals surface area contributed by atoms with Crippen molar-refractivity contribution in [2.75, 3.05) is 38.3 Å². The van der Waals surface area contributed by atoms with Crippen LogP contribution in [0.5, 0.6) is 0 Å². The van der Waals surface area contributed by atoms with E-state index in [2.05, 4.69) is 5.32 Å². The molecule has 0 saturated carbocycles. The third-order valence-electron chi connectivity index (χ3n) is 4.68.